The fourth-order valence-corrected chi connectivity index (χ4v) is 7.56. The lowest BCUT2D eigenvalue weighted by atomic mass is 9.78. The van der Waals surface area contributed by atoms with Gasteiger partial charge in [-0.2, -0.15) is 26.3 Å². The van der Waals surface area contributed by atoms with E-state index in [4.69, 9.17) is 10.5 Å². The van der Waals surface area contributed by atoms with Crippen molar-refractivity contribution in [1.82, 2.24) is 4.90 Å². The van der Waals surface area contributed by atoms with Crippen molar-refractivity contribution in [3.8, 4) is 0 Å². The zero-order chi connectivity index (χ0) is 31.4. The number of nitrogens with zero attached hydrogens (tertiary/aromatic N) is 1. The van der Waals surface area contributed by atoms with Crippen LogP contribution in [0, 0.1) is 11.2 Å². The molecule has 2 aromatic carbocycles. The molecule has 7 nitrogen and oxygen atoms in total. The van der Waals surface area contributed by atoms with E-state index in [1.807, 2.05) is 0 Å². The van der Waals surface area contributed by atoms with Gasteiger partial charge in [0.25, 0.3) is 0 Å². The minimum atomic E-state index is -6.39. The number of primary amides is 1. The Morgan fingerprint density at radius 3 is 1.83 bits per heavy atom. The smallest absolute Gasteiger partial charge is 0.381 e. The number of alkyl halides is 7. The summed E-state index contributed by atoms with van der Waals surface area (Å²) in [6.45, 7) is -0.964. The van der Waals surface area contributed by atoms with Crippen LogP contribution >= 0.6 is 0 Å². The summed E-state index contributed by atoms with van der Waals surface area (Å²) in [5.74, 6) is -2.59. The number of carbonyl (C=O) groups excluding carboxylic acids is 2. The molecule has 0 saturated carbocycles. The standard InChI is InChI=1S/C26H24F8N2O5S/c27-18-5-7-19(8-6-18)42(39,40)23(9-12-36(15-23)21(38)22(20(35)37)10-13-41-14-11-22)16-1-3-17(4-2-16)24(28,25(29,30)31)26(32,33)34/h1-8H,9-15H2,(H2,35,37). The van der Waals surface area contributed by atoms with Gasteiger partial charge < -0.3 is 15.4 Å². The average Bonchev–Trinajstić information content (AvgIpc) is 3.39. The van der Waals surface area contributed by atoms with E-state index in [-0.39, 0.29) is 50.3 Å². The van der Waals surface area contributed by atoms with Crippen molar-refractivity contribution in [2.45, 2.75) is 46.9 Å². The maximum Gasteiger partial charge on any atom is 0.435 e. The van der Waals surface area contributed by atoms with E-state index in [1.54, 1.807) is 0 Å². The van der Waals surface area contributed by atoms with Gasteiger partial charge in [0.15, 0.2) is 9.84 Å². The molecule has 0 radical (unpaired) electrons. The topological polar surface area (TPSA) is 107 Å². The first kappa shape index (κ1) is 31.7. The first-order valence-electron chi connectivity index (χ1n) is 12.4. The van der Waals surface area contributed by atoms with Crippen LogP contribution in [-0.2, 0) is 34.6 Å². The number of rotatable bonds is 6. The van der Waals surface area contributed by atoms with Crippen molar-refractivity contribution in [3.63, 3.8) is 0 Å². The molecule has 0 spiro atoms. The van der Waals surface area contributed by atoms with Gasteiger partial charge in [-0.25, -0.2) is 17.2 Å². The molecule has 2 heterocycles. The Balaban J connectivity index is 1.84. The molecule has 0 aromatic heterocycles. The SMILES string of the molecule is NC(=O)C1(C(=O)N2CCC(c3ccc(C(F)(C(F)(F)F)C(F)(F)F)cc3)(S(=O)(=O)c3ccc(F)cc3)C2)CCOCC1. The molecule has 2 aliphatic heterocycles. The van der Waals surface area contributed by atoms with Crippen molar-refractivity contribution in [2.24, 2.45) is 11.1 Å². The fraction of sp³-hybridized carbons (Fsp3) is 0.462. The number of benzene rings is 2. The van der Waals surface area contributed by atoms with Gasteiger partial charge in [-0.3, -0.25) is 9.59 Å². The number of halogens is 8. The van der Waals surface area contributed by atoms with Gasteiger partial charge in [-0.15, -0.1) is 0 Å². The molecule has 1 atom stereocenters. The fourth-order valence-electron chi connectivity index (χ4n) is 5.48. The van der Waals surface area contributed by atoms with Crippen LogP contribution in [0.1, 0.15) is 30.4 Å². The lowest BCUT2D eigenvalue weighted by Gasteiger charge is -2.37. The molecular formula is C26H24F8N2O5S. The van der Waals surface area contributed by atoms with Crippen molar-refractivity contribution >= 4 is 21.7 Å². The van der Waals surface area contributed by atoms with Crippen LogP contribution in [0.25, 0.3) is 0 Å². The zero-order valence-electron chi connectivity index (χ0n) is 21.6. The minimum Gasteiger partial charge on any atom is -0.381 e. The van der Waals surface area contributed by atoms with E-state index in [2.05, 4.69) is 0 Å². The van der Waals surface area contributed by atoms with E-state index in [1.165, 1.54) is 0 Å². The van der Waals surface area contributed by atoms with Gasteiger partial charge in [0, 0.05) is 31.9 Å². The molecule has 2 saturated heterocycles. The van der Waals surface area contributed by atoms with Crippen LogP contribution in [0.15, 0.2) is 53.4 Å². The minimum absolute atomic E-state index is 0.00634. The molecule has 2 fully saturated rings. The van der Waals surface area contributed by atoms with Gasteiger partial charge in [-0.05, 0) is 49.1 Å². The Morgan fingerprint density at radius 1 is 0.833 bits per heavy atom. The summed E-state index contributed by atoms with van der Waals surface area (Å²) in [6, 6.07) is 5.09. The van der Waals surface area contributed by atoms with Crippen molar-refractivity contribution in [2.75, 3.05) is 26.3 Å². The molecule has 16 heteroatoms. The monoisotopic (exact) mass is 628 g/mol. The predicted octanol–water partition coefficient (Wildman–Crippen LogP) is 4.30. The van der Waals surface area contributed by atoms with Crippen molar-refractivity contribution in [1.29, 1.82) is 0 Å². The Morgan fingerprint density at radius 2 is 1.36 bits per heavy atom. The highest BCUT2D eigenvalue weighted by molar-refractivity contribution is 7.92. The lowest BCUT2D eigenvalue weighted by molar-refractivity contribution is -0.348. The van der Waals surface area contributed by atoms with E-state index in [9.17, 15) is 53.1 Å². The molecule has 2 N–H and O–H groups in total. The van der Waals surface area contributed by atoms with Gasteiger partial charge >= 0.3 is 18.0 Å². The highest BCUT2D eigenvalue weighted by Gasteiger charge is 2.73. The Bertz CT molecular complexity index is 1440. The summed E-state index contributed by atoms with van der Waals surface area (Å²) in [4.78, 5) is 26.6. The van der Waals surface area contributed by atoms with E-state index >= 15 is 0 Å². The first-order chi connectivity index (χ1) is 19.3. The second-order valence-electron chi connectivity index (χ2n) is 10.2. The number of ether oxygens (including phenoxy) is 1. The number of hydrogen-bond donors (Lipinski definition) is 1. The van der Waals surface area contributed by atoms with Crippen LogP contribution in [0.5, 0.6) is 0 Å². The zero-order valence-corrected chi connectivity index (χ0v) is 22.4. The van der Waals surface area contributed by atoms with Crippen LogP contribution in [0.3, 0.4) is 0 Å². The highest BCUT2D eigenvalue weighted by atomic mass is 32.2. The number of hydrogen-bond acceptors (Lipinski definition) is 5. The summed E-state index contributed by atoms with van der Waals surface area (Å²) in [5.41, 5.74) is -4.11. The van der Waals surface area contributed by atoms with Crippen molar-refractivity contribution < 1.29 is 57.9 Å². The van der Waals surface area contributed by atoms with E-state index in [0.29, 0.717) is 12.1 Å². The molecule has 230 valence electrons. The third-order valence-corrected chi connectivity index (χ3v) is 10.5. The summed E-state index contributed by atoms with van der Waals surface area (Å²) >= 11 is 0. The lowest BCUT2D eigenvalue weighted by Crippen LogP contribution is -2.54. The molecule has 2 amide bonds. The molecule has 2 aromatic rings. The molecule has 42 heavy (non-hydrogen) atoms. The van der Waals surface area contributed by atoms with Crippen LogP contribution < -0.4 is 5.73 Å². The molecule has 0 aliphatic carbocycles. The van der Waals surface area contributed by atoms with Gasteiger partial charge in [0.05, 0.1) is 4.90 Å². The maximum absolute atomic E-state index is 14.7. The Hall–Kier alpha value is -3.27. The Kier molecular flexibility index (Phi) is 7.89. The number of amides is 2. The maximum atomic E-state index is 14.7. The van der Waals surface area contributed by atoms with E-state index in [0.717, 1.165) is 29.2 Å². The second-order valence-corrected chi connectivity index (χ2v) is 12.5. The quantitative estimate of drug-likeness (QED) is 0.292. The van der Waals surface area contributed by atoms with E-state index < -0.39 is 79.1 Å². The summed E-state index contributed by atoms with van der Waals surface area (Å²) in [7, 11) is -4.65. The largest absolute Gasteiger partial charge is 0.435 e. The molecule has 0 bridgehead atoms. The normalized spacial score (nSPS) is 21.8. The highest BCUT2D eigenvalue weighted by Crippen LogP contribution is 2.54. The summed E-state index contributed by atoms with van der Waals surface area (Å²) in [6.07, 6.45) is -13.4. The first-order valence-corrected chi connectivity index (χ1v) is 13.9. The number of nitrogens with two attached hydrogens (primary N) is 1. The average molecular weight is 629 g/mol. The second kappa shape index (κ2) is 10.5. The Labute approximate surface area is 234 Å². The van der Waals surface area contributed by atoms with Crippen molar-refractivity contribution in [3.05, 3.63) is 65.5 Å². The third-order valence-electron chi connectivity index (χ3n) is 7.97. The number of sulfone groups is 1. The van der Waals surface area contributed by atoms with Crippen LogP contribution in [-0.4, -0.2) is 63.8 Å². The molecule has 2 aliphatic rings. The molecular weight excluding hydrogens is 604 g/mol. The third kappa shape index (κ3) is 4.81. The van der Waals surface area contributed by atoms with Gasteiger partial charge in [0.2, 0.25) is 11.8 Å². The van der Waals surface area contributed by atoms with Gasteiger partial charge in [-0.1, -0.05) is 24.3 Å². The predicted molar refractivity (Wildman–Crippen MR) is 129 cm³/mol. The summed E-state index contributed by atoms with van der Waals surface area (Å²) < 4.78 is 139. The van der Waals surface area contributed by atoms with Gasteiger partial charge in [0.1, 0.15) is 16.0 Å². The van der Waals surface area contributed by atoms with Crippen LogP contribution in [0.4, 0.5) is 35.1 Å². The molecule has 4 rings (SSSR count). The number of carbonyl (C=O) groups is 2. The van der Waals surface area contributed by atoms with Crippen LogP contribution in [0.2, 0.25) is 0 Å². The molecule has 1 unspecified atom stereocenters. The summed E-state index contributed by atoms with van der Waals surface area (Å²) in [5, 5.41) is 0. The number of likely N-dealkylation sites (tertiary alicyclic amines) is 1.